The zero-order valence-corrected chi connectivity index (χ0v) is 16.3. The number of hydrogen-bond donors (Lipinski definition) is 2. The van der Waals surface area contributed by atoms with Crippen LogP contribution in [0.15, 0.2) is 54.6 Å². The van der Waals surface area contributed by atoms with Gasteiger partial charge >= 0.3 is 0 Å². The maximum absolute atomic E-state index is 12.7. The summed E-state index contributed by atoms with van der Waals surface area (Å²) < 4.78 is 10.5. The van der Waals surface area contributed by atoms with Crippen molar-refractivity contribution in [1.29, 1.82) is 0 Å². The van der Waals surface area contributed by atoms with E-state index in [2.05, 4.69) is 10.6 Å². The highest BCUT2D eigenvalue weighted by molar-refractivity contribution is 7.80. The van der Waals surface area contributed by atoms with Gasteiger partial charge in [0.25, 0.3) is 5.91 Å². The second-order valence-electron chi connectivity index (χ2n) is 5.61. The second kappa shape index (κ2) is 8.24. The Hall–Kier alpha value is -2.83. The first-order chi connectivity index (χ1) is 13.0. The van der Waals surface area contributed by atoms with Gasteiger partial charge in [0.15, 0.2) is 5.11 Å². The van der Waals surface area contributed by atoms with E-state index in [-0.39, 0.29) is 11.0 Å². The first-order valence-electron chi connectivity index (χ1n) is 8.05. The minimum absolute atomic E-state index is 0.144. The summed E-state index contributed by atoms with van der Waals surface area (Å²) in [7, 11) is 3.12. The Balaban J connectivity index is 1.81. The van der Waals surface area contributed by atoms with Crippen molar-refractivity contribution in [2.24, 2.45) is 0 Å². The van der Waals surface area contributed by atoms with Crippen molar-refractivity contribution in [3.8, 4) is 11.5 Å². The van der Waals surface area contributed by atoms with Crippen molar-refractivity contribution in [1.82, 2.24) is 5.32 Å². The van der Waals surface area contributed by atoms with Gasteiger partial charge in [-0.1, -0.05) is 35.9 Å². The largest absolute Gasteiger partial charge is 0.497 e. The molecular formula is C20H17ClN2O3S. The van der Waals surface area contributed by atoms with Crippen LogP contribution in [0.25, 0.3) is 10.8 Å². The zero-order valence-electron chi connectivity index (χ0n) is 14.7. The van der Waals surface area contributed by atoms with Crippen LogP contribution in [0.4, 0.5) is 5.69 Å². The lowest BCUT2D eigenvalue weighted by Crippen LogP contribution is -2.34. The number of carbonyl (C=O) groups is 1. The third-order valence-electron chi connectivity index (χ3n) is 4.00. The van der Waals surface area contributed by atoms with Crippen LogP contribution in [0.1, 0.15) is 10.4 Å². The maximum atomic E-state index is 12.7. The molecule has 0 saturated heterocycles. The molecule has 0 aliphatic carbocycles. The van der Waals surface area contributed by atoms with E-state index in [4.69, 9.17) is 33.3 Å². The number of hydrogen-bond acceptors (Lipinski definition) is 4. The van der Waals surface area contributed by atoms with Crippen molar-refractivity contribution in [2.45, 2.75) is 0 Å². The van der Waals surface area contributed by atoms with E-state index >= 15 is 0 Å². The number of anilines is 1. The minimum atomic E-state index is -0.331. The molecule has 138 valence electrons. The number of thiocarbonyl (C=S) groups is 1. The third-order valence-corrected chi connectivity index (χ3v) is 4.53. The standard InChI is InChI=1S/C20H17ClN2O3S/c1-25-12-9-10-18(26-2)17(11-12)22-20(27)23-19(24)15-7-3-6-14-13(15)5-4-8-16(14)21/h3-11H,1-2H3,(H2,22,23,24,27). The summed E-state index contributed by atoms with van der Waals surface area (Å²) in [6.07, 6.45) is 0. The Bertz CT molecular complexity index is 1020. The molecule has 0 unspecified atom stereocenters. The normalized spacial score (nSPS) is 10.3. The fraction of sp³-hybridized carbons (Fsp3) is 0.100. The van der Waals surface area contributed by atoms with Gasteiger partial charge in [-0.05, 0) is 41.9 Å². The van der Waals surface area contributed by atoms with E-state index in [0.29, 0.717) is 27.8 Å². The van der Waals surface area contributed by atoms with Gasteiger partial charge in [0.1, 0.15) is 11.5 Å². The molecule has 0 saturated carbocycles. The molecule has 7 heteroatoms. The van der Waals surface area contributed by atoms with Gasteiger partial charge in [0.05, 0.1) is 19.9 Å². The summed E-state index contributed by atoms with van der Waals surface area (Å²) in [6.45, 7) is 0. The van der Waals surface area contributed by atoms with Crippen molar-refractivity contribution in [3.05, 3.63) is 65.2 Å². The molecule has 0 aliphatic heterocycles. The molecule has 0 atom stereocenters. The van der Waals surface area contributed by atoms with Crippen LogP contribution >= 0.6 is 23.8 Å². The van der Waals surface area contributed by atoms with Gasteiger partial charge in [0.2, 0.25) is 0 Å². The predicted octanol–water partition coefficient (Wildman–Crippen LogP) is 4.64. The Morgan fingerprint density at radius 2 is 1.74 bits per heavy atom. The highest BCUT2D eigenvalue weighted by Gasteiger charge is 2.14. The summed E-state index contributed by atoms with van der Waals surface area (Å²) in [6, 6.07) is 16.1. The zero-order chi connectivity index (χ0) is 19.4. The van der Waals surface area contributed by atoms with E-state index in [1.165, 1.54) is 0 Å². The molecule has 0 bridgehead atoms. The quantitative estimate of drug-likeness (QED) is 0.625. The monoisotopic (exact) mass is 400 g/mol. The highest BCUT2D eigenvalue weighted by Crippen LogP contribution is 2.29. The first-order valence-corrected chi connectivity index (χ1v) is 8.83. The number of benzene rings is 3. The molecule has 0 aromatic heterocycles. The van der Waals surface area contributed by atoms with Crippen LogP contribution in [0, 0.1) is 0 Å². The summed E-state index contributed by atoms with van der Waals surface area (Å²) in [5.74, 6) is 0.877. The minimum Gasteiger partial charge on any atom is -0.497 e. The lowest BCUT2D eigenvalue weighted by Gasteiger charge is -2.14. The molecule has 3 aromatic rings. The Labute approximate surface area is 167 Å². The van der Waals surface area contributed by atoms with Crippen LogP contribution in [0.5, 0.6) is 11.5 Å². The molecule has 1 amide bonds. The van der Waals surface area contributed by atoms with Gasteiger partial charge < -0.3 is 14.8 Å². The summed E-state index contributed by atoms with van der Waals surface area (Å²) in [4.78, 5) is 12.7. The Morgan fingerprint density at radius 1 is 1.00 bits per heavy atom. The highest BCUT2D eigenvalue weighted by atomic mass is 35.5. The van der Waals surface area contributed by atoms with Gasteiger partial charge in [-0.2, -0.15) is 0 Å². The van der Waals surface area contributed by atoms with E-state index < -0.39 is 0 Å². The smallest absolute Gasteiger partial charge is 0.258 e. The van der Waals surface area contributed by atoms with Gasteiger partial charge in [-0.3, -0.25) is 10.1 Å². The molecular weight excluding hydrogens is 384 g/mol. The lowest BCUT2D eigenvalue weighted by molar-refractivity contribution is 0.0979. The van der Waals surface area contributed by atoms with Crippen LogP contribution in [0.2, 0.25) is 5.02 Å². The number of rotatable bonds is 4. The lowest BCUT2D eigenvalue weighted by atomic mass is 10.0. The number of ether oxygens (including phenoxy) is 2. The predicted molar refractivity (Wildman–Crippen MR) is 112 cm³/mol. The molecule has 27 heavy (non-hydrogen) atoms. The number of amides is 1. The van der Waals surface area contributed by atoms with Crippen LogP contribution in [0.3, 0.4) is 0 Å². The summed E-state index contributed by atoms with van der Waals surface area (Å²) in [5, 5.41) is 7.94. The first kappa shape index (κ1) is 18.9. The second-order valence-corrected chi connectivity index (χ2v) is 6.43. The van der Waals surface area contributed by atoms with E-state index in [1.807, 2.05) is 12.1 Å². The maximum Gasteiger partial charge on any atom is 0.258 e. The van der Waals surface area contributed by atoms with Crippen molar-refractivity contribution >= 4 is 51.3 Å². The molecule has 0 fully saturated rings. The number of halogens is 1. The molecule has 0 spiro atoms. The van der Waals surface area contributed by atoms with E-state index in [1.54, 1.807) is 56.7 Å². The van der Waals surface area contributed by atoms with Gasteiger partial charge in [-0.25, -0.2) is 0 Å². The molecule has 5 nitrogen and oxygen atoms in total. The van der Waals surface area contributed by atoms with E-state index in [9.17, 15) is 4.79 Å². The van der Waals surface area contributed by atoms with Crippen molar-refractivity contribution in [2.75, 3.05) is 19.5 Å². The number of methoxy groups -OCH3 is 2. The van der Waals surface area contributed by atoms with Crippen molar-refractivity contribution in [3.63, 3.8) is 0 Å². The average Bonchev–Trinajstić information content (AvgIpc) is 2.67. The molecule has 3 aromatic carbocycles. The SMILES string of the molecule is COc1ccc(OC)c(NC(=S)NC(=O)c2cccc3c(Cl)cccc23)c1. The Kier molecular flexibility index (Phi) is 5.78. The van der Waals surface area contributed by atoms with Gasteiger partial charge in [-0.15, -0.1) is 0 Å². The van der Waals surface area contributed by atoms with Gasteiger partial charge in [0, 0.05) is 22.0 Å². The molecule has 0 radical (unpaired) electrons. The van der Waals surface area contributed by atoms with Crippen LogP contribution < -0.4 is 20.1 Å². The summed E-state index contributed by atoms with van der Waals surface area (Å²) in [5.41, 5.74) is 1.07. The summed E-state index contributed by atoms with van der Waals surface area (Å²) >= 11 is 11.5. The van der Waals surface area contributed by atoms with Crippen LogP contribution in [-0.4, -0.2) is 25.2 Å². The fourth-order valence-electron chi connectivity index (χ4n) is 2.71. The fourth-order valence-corrected chi connectivity index (χ4v) is 3.15. The average molecular weight is 401 g/mol. The molecule has 0 aliphatic rings. The molecule has 2 N–H and O–H groups in total. The molecule has 0 heterocycles. The third kappa shape index (κ3) is 4.13. The Morgan fingerprint density at radius 3 is 2.48 bits per heavy atom. The van der Waals surface area contributed by atoms with Crippen LogP contribution in [-0.2, 0) is 0 Å². The van der Waals surface area contributed by atoms with E-state index in [0.717, 1.165) is 10.8 Å². The number of fused-ring (bicyclic) bond motifs is 1. The topological polar surface area (TPSA) is 59.6 Å². The number of nitrogens with one attached hydrogen (secondary N) is 2. The molecule has 3 rings (SSSR count). The number of carbonyl (C=O) groups excluding carboxylic acids is 1. The van der Waals surface area contributed by atoms with Crippen molar-refractivity contribution < 1.29 is 14.3 Å².